The van der Waals surface area contributed by atoms with E-state index in [1.54, 1.807) is 0 Å². The van der Waals surface area contributed by atoms with Gasteiger partial charge in [0.15, 0.2) is 0 Å². The van der Waals surface area contributed by atoms with E-state index >= 15 is 0 Å². The summed E-state index contributed by atoms with van der Waals surface area (Å²) in [7, 11) is 0. The Morgan fingerprint density at radius 2 is 1.38 bits per heavy atom. The summed E-state index contributed by atoms with van der Waals surface area (Å²) >= 11 is 0. The first-order valence-corrected chi connectivity index (χ1v) is 6.72. The van der Waals surface area contributed by atoms with Crippen LogP contribution in [0.5, 0.6) is 0 Å². The molecule has 0 heterocycles. The lowest BCUT2D eigenvalue weighted by molar-refractivity contribution is -0.00402. The highest BCUT2D eigenvalue weighted by Gasteiger charge is 2.25. The van der Waals surface area contributed by atoms with Crippen LogP contribution in [-0.4, -0.2) is 21.4 Å². The molecule has 0 aromatic rings. The molecule has 0 fully saturated rings. The molecule has 0 rings (SSSR count). The van der Waals surface area contributed by atoms with E-state index in [9.17, 15) is 10.2 Å². The van der Waals surface area contributed by atoms with Gasteiger partial charge in [-0.05, 0) is 38.5 Å². The first kappa shape index (κ1) is 15.9. The molecule has 0 radical (unpaired) electrons. The van der Waals surface area contributed by atoms with Gasteiger partial charge in [0.2, 0.25) is 0 Å². The van der Waals surface area contributed by atoms with Crippen LogP contribution in [0.2, 0.25) is 0 Å². The lowest BCUT2D eigenvalue weighted by Crippen LogP contribution is -2.31. The Balaban J connectivity index is 3.84. The largest absolute Gasteiger partial charge is 0.390 e. The lowest BCUT2D eigenvalue weighted by Gasteiger charge is -2.29. The fraction of sp³-hybridized carbons (Fsp3) is 1.00. The van der Waals surface area contributed by atoms with Crippen LogP contribution in [-0.2, 0) is 0 Å². The second-order valence-corrected chi connectivity index (χ2v) is 5.65. The molecule has 1 unspecified atom stereocenters. The maximum absolute atomic E-state index is 10.1. The average molecular weight is 230 g/mol. The molecule has 0 aliphatic carbocycles. The Labute approximate surface area is 101 Å². The minimum absolute atomic E-state index is 0.295. The molecule has 0 aliphatic rings. The quantitative estimate of drug-likeness (QED) is 0.626. The maximum atomic E-state index is 10.1. The molecule has 0 aromatic heterocycles. The zero-order valence-electron chi connectivity index (χ0n) is 11.7. The summed E-state index contributed by atoms with van der Waals surface area (Å²) in [6.45, 7) is 10.1. The SMILES string of the molecule is CCC(O)(CC)CCCCC(C)(O)C(C)C. The van der Waals surface area contributed by atoms with E-state index in [-0.39, 0.29) is 0 Å². The van der Waals surface area contributed by atoms with Crippen LogP contribution in [0, 0.1) is 5.92 Å². The van der Waals surface area contributed by atoms with Crippen LogP contribution in [0.1, 0.15) is 73.1 Å². The van der Waals surface area contributed by atoms with Crippen molar-refractivity contribution in [3.63, 3.8) is 0 Å². The first-order valence-electron chi connectivity index (χ1n) is 6.72. The number of unbranched alkanes of at least 4 members (excludes halogenated alkanes) is 1. The van der Waals surface area contributed by atoms with Crippen molar-refractivity contribution in [3.8, 4) is 0 Å². The van der Waals surface area contributed by atoms with Gasteiger partial charge in [0.1, 0.15) is 0 Å². The van der Waals surface area contributed by atoms with Gasteiger partial charge < -0.3 is 10.2 Å². The molecular weight excluding hydrogens is 200 g/mol. The Morgan fingerprint density at radius 3 is 1.75 bits per heavy atom. The van der Waals surface area contributed by atoms with Gasteiger partial charge in [-0.15, -0.1) is 0 Å². The Morgan fingerprint density at radius 1 is 0.938 bits per heavy atom. The van der Waals surface area contributed by atoms with Crippen molar-refractivity contribution >= 4 is 0 Å². The molecule has 2 nitrogen and oxygen atoms in total. The molecule has 0 aromatic carbocycles. The molecule has 2 heteroatoms. The third-order valence-electron chi connectivity index (χ3n) is 4.14. The summed E-state index contributed by atoms with van der Waals surface area (Å²) in [4.78, 5) is 0. The van der Waals surface area contributed by atoms with Gasteiger partial charge in [0, 0.05) is 0 Å². The molecule has 1 atom stereocenters. The average Bonchev–Trinajstić information content (AvgIpc) is 2.24. The molecular formula is C14H30O2. The highest BCUT2D eigenvalue weighted by Crippen LogP contribution is 2.26. The summed E-state index contributed by atoms with van der Waals surface area (Å²) in [6.07, 6.45) is 5.32. The van der Waals surface area contributed by atoms with Crippen molar-refractivity contribution in [1.82, 2.24) is 0 Å². The standard InChI is InChI=1S/C14H30O2/c1-6-14(16,7-2)11-9-8-10-13(5,15)12(3)4/h12,15-16H,6-11H2,1-5H3. The Hall–Kier alpha value is -0.0800. The maximum Gasteiger partial charge on any atom is 0.0642 e. The van der Waals surface area contributed by atoms with Crippen molar-refractivity contribution in [3.05, 3.63) is 0 Å². The van der Waals surface area contributed by atoms with Gasteiger partial charge >= 0.3 is 0 Å². The van der Waals surface area contributed by atoms with Gasteiger partial charge in [-0.1, -0.05) is 40.5 Å². The van der Waals surface area contributed by atoms with Crippen molar-refractivity contribution in [1.29, 1.82) is 0 Å². The molecule has 0 bridgehead atoms. The minimum atomic E-state index is -0.559. The van der Waals surface area contributed by atoms with Crippen LogP contribution < -0.4 is 0 Å². The highest BCUT2D eigenvalue weighted by molar-refractivity contribution is 4.78. The lowest BCUT2D eigenvalue weighted by atomic mass is 9.85. The molecule has 98 valence electrons. The van der Waals surface area contributed by atoms with Crippen molar-refractivity contribution in [2.75, 3.05) is 0 Å². The first-order chi connectivity index (χ1) is 7.27. The van der Waals surface area contributed by atoms with Crippen LogP contribution in [0.3, 0.4) is 0 Å². The third kappa shape index (κ3) is 5.31. The predicted molar refractivity (Wildman–Crippen MR) is 69.5 cm³/mol. The fourth-order valence-corrected chi connectivity index (χ4v) is 1.83. The summed E-state index contributed by atoms with van der Waals surface area (Å²) in [5, 5.41) is 20.2. The fourth-order valence-electron chi connectivity index (χ4n) is 1.83. The zero-order chi connectivity index (χ0) is 12.8. The topological polar surface area (TPSA) is 40.5 Å². The Bertz CT molecular complexity index is 174. The zero-order valence-corrected chi connectivity index (χ0v) is 11.7. The van der Waals surface area contributed by atoms with Gasteiger partial charge in [-0.2, -0.15) is 0 Å². The number of aliphatic hydroxyl groups is 2. The van der Waals surface area contributed by atoms with Gasteiger partial charge in [0.25, 0.3) is 0 Å². The van der Waals surface area contributed by atoms with E-state index in [1.807, 2.05) is 20.8 Å². The van der Waals surface area contributed by atoms with Gasteiger partial charge in [-0.25, -0.2) is 0 Å². The van der Waals surface area contributed by atoms with Crippen LogP contribution in [0.4, 0.5) is 0 Å². The number of rotatable bonds is 8. The van der Waals surface area contributed by atoms with Crippen molar-refractivity contribution < 1.29 is 10.2 Å². The molecule has 2 N–H and O–H groups in total. The van der Waals surface area contributed by atoms with Crippen molar-refractivity contribution in [2.24, 2.45) is 5.92 Å². The van der Waals surface area contributed by atoms with E-state index in [0.29, 0.717) is 5.92 Å². The van der Waals surface area contributed by atoms with Gasteiger partial charge in [0.05, 0.1) is 11.2 Å². The summed E-state index contributed by atoms with van der Waals surface area (Å²) < 4.78 is 0. The summed E-state index contributed by atoms with van der Waals surface area (Å²) in [5.41, 5.74) is -1.04. The van der Waals surface area contributed by atoms with E-state index in [4.69, 9.17) is 0 Å². The van der Waals surface area contributed by atoms with Crippen LogP contribution >= 0.6 is 0 Å². The second kappa shape index (κ2) is 6.61. The van der Waals surface area contributed by atoms with E-state index in [1.165, 1.54) is 0 Å². The monoisotopic (exact) mass is 230 g/mol. The minimum Gasteiger partial charge on any atom is -0.390 e. The smallest absolute Gasteiger partial charge is 0.0642 e. The highest BCUT2D eigenvalue weighted by atomic mass is 16.3. The number of hydrogen-bond donors (Lipinski definition) is 2. The molecule has 0 spiro atoms. The molecule has 0 aliphatic heterocycles. The van der Waals surface area contributed by atoms with Crippen LogP contribution in [0.25, 0.3) is 0 Å². The Kier molecular flexibility index (Phi) is 6.57. The third-order valence-corrected chi connectivity index (χ3v) is 4.14. The summed E-state index contributed by atoms with van der Waals surface area (Å²) in [5.74, 6) is 0.295. The van der Waals surface area contributed by atoms with E-state index in [0.717, 1.165) is 38.5 Å². The van der Waals surface area contributed by atoms with Crippen molar-refractivity contribution in [2.45, 2.75) is 84.3 Å². The van der Waals surface area contributed by atoms with Gasteiger partial charge in [-0.3, -0.25) is 0 Å². The molecule has 0 amide bonds. The molecule has 16 heavy (non-hydrogen) atoms. The molecule has 0 saturated carbocycles. The van der Waals surface area contributed by atoms with Crippen LogP contribution in [0.15, 0.2) is 0 Å². The normalized spacial score (nSPS) is 16.5. The summed E-state index contributed by atoms with van der Waals surface area (Å²) in [6, 6.07) is 0. The van der Waals surface area contributed by atoms with E-state index in [2.05, 4.69) is 13.8 Å². The predicted octanol–water partition coefficient (Wildman–Crippen LogP) is 3.50. The molecule has 0 saturated heterocycles. The second-order valence-electron chi connectivity index (χ2n) is 5.65. The van der Waals surface area contributed by atoms with E-state index < -0.39 is 11.2 Å². The number of hydrogen-bond acceptors (Lipinski definition) is 2.